The number of hydrogen-bond donors (Lipinski definition) is 2. The van der Waals surface area contributed by atoms with E-state index in [2.05, 4.69) is 20.8 Å². The number of carbonyl (C=O) groups is 2. The minimum Gasteiger partial charge on any atom is -0.508 e. The van der Waals surface area contributed by atoms with Crippen molar-refractivity contribution in [2.75, 3.05) is 0 Å². The zero-order valence-corrected chi connectivity index (χ0v) is 17.4. The number of ketones is 1. The van der Waals surface area contributed by atoms with Crippen molar-refractivity contribution in [2.45, 2.75) is 40.2 Å². The van der Waals surface area contributed by atoms with Crippen LogP contribution in [0, 0.1) is 16.7 Å². The van der Waals surface area contributed by atoms with Gasteiger partial charge in [0.05, 0.1) is 0 Å². The predicted molar refractivity (Wildman–Crippen MR) is 113 cm³/mol. The van der Waals surface area contributed by atoms with Gasteiger partial charge < -0.3 is 14.9 Å². The summed E-state index contributed by atoms with van der Waals surface area (Å²) in [5, 5.41) is 19.2. The van der Waals surface area contributed by atoms with Crippen LogP contribution in [0.4, 0.5) is 0 Å². The quantitative estimate of drug-likeness (QED) is 0.430. The number of phenols is 2. The molecule has 2 fully saturated rings. The summed E-state index contributed by atoms with van der Waals surface area (Å²) in [7, 11) is 0. The van der Waals surface area contributed by atoms with Crippen molar-refractivity contribution in [2.24, 2.45) is 16.7 Å². The molecular weight excluding hydrogens is 380 g/mol. The van der Waals surface area contributed by atoms with Crippen molar-refractivity contribution >= 4 is 17.8 Å². The molecule has 0 saturated heterocycles. The molecule has 0 spiro atoms. The Morgan fingerprint density at radius 2 is 1.83 bits per heavy atom. The Labute approximate surface area is 176 Å². The molecule has 2 aromatic rings. The molecule has 2 unspecified atom stereocenters. The largest absolute Gasteiger partial charge is 0.508 e. The number of fused-ring (bicyclic) bond motifs is 2. The van der Waals surface area contributed by atoms with Gasteiger partial charge in [0, 0.05) is 5.41 Å². The van der Waals surface area contributed by atoms with Gasteiger partial charge in [-0.2, -0.15) is 0 Å². The highest BCUT2D eigenvalue weighted by molar-refractivity contribution is 6.07. The first-order valence-corrected chi connectivity index (χ1v) is 10.2. The molecule has 30 heavy (non-hydrogen) atoms. The average molecular weight is 406 g/mol. The summed E-state index contributed by atoms with van der Waals surface area (Å²) in [6.07, 6.45) is 4.01. The van der Waals surface area contributed by atoms with Crippen LogP contribution >= 0.6 is 0 Å². The van der Waals surface area contributed by atoms with Crippen molar-refractivity contribution in [1.82, 2.24) is 0 Å². The van der Waals surface area contributed by atoms with Gasteiger partial charge in [-0.3, -0.25) is 4.79 Å². The third kappa shape index (κ3) is 3.09. The van der Waals surface area contributed by atoms with Gasteiger partial charge in [0.2, 0.25) is 0 Å². The van der Waals surface area contributed by atoms with Crippen LogP contribution in [0.3, 0.4) is 0 Å². The molecule has 156 valence electrons. The van der Waals surface area contributed by atoms with Gasteiger partial charge in [0.15, 0.2) is 5.78 Å². The Kier molecular flexibility index (Phi) is 4.72. The average Bonchev–Trinajstić information content (AvgIpc) is 3.02. The van der Waals surface area contributed by atoms with E-state index in [-0.39, 0.29) is 40.3 Å². The molecule has 2 N–H and O–H groups in total. The second kappa shape index (κ2) is 7.01. The van der Waals surface area contributed by atoms with E-state index in [0.29, 0.717) is 5.92 Å². The van der Waals surface area contributed by atoms with Crippen molar-refractivity contribution in [3.05, 3.63) is 64.7 Å². The van der Waals surface area contributed by atoms with E-state index in [1.807, 2.05) is 30.3 Å². The van der Waals surface area contributed by atoms with Crippen molar-refractivity contribution in [3.8, 4) is 11.5 Å². The van der Waals surface area contributed by atoms with Gasteiger partial charge >= 0.3 is 5.97 Å². The maximum atomic E-state index is 13.0. The predicted octanol–water partition coefficient (Wildman–Crippen LogP) is 4.86. The fourth-order valence-corrected chi connectivity index (χ4v) is 4.90. The fraction of sp³-hybridized carbons (Fsp3) is 0.360. The van der Waals surface area contributed by atoms with Crippen LogP contribution < -0.4 is 0 Å². The summed E-state index contributed by atoms with van der Waals surface area (Å²) in [5.41, 5.74) is 2.30. The van der Waals surface area contributed by atoms with Gasteiger partial charge in [0.1, 0.15) is 23.7 Å². The first kappa shape index (κ1) is 20.2. The minimum absolute atomic E-state index is 0.0124. The number of rotatable bonds is 4. The van der Waals surface area contributed by atoms with E-state index in [9.17, 15) is 19.8 Å². The van der Waals surface area contributed by atoms with Crippen LogP contribution in [0.2, 0.25) is 0 Å². The molecular formula is C25H26O5. The second-order valence-electron chi connectivity index (χ2n) is 9.09. The van der Waals surface area contributed by atoms with Crippen molar-refractivity contribution in [3.63, 3.8) is 0 Å². The number of hydrogen-bond acceptors (Lipinski definition) is 5. The lowest BCUT2D eigenvalue weighted by molar-refractivity contribution is -0.125. The fourth-order valence-electron chi connectivity index (χ4n) is 4.90. The Balaban J connectivity index is 1.45. The molecule has 0 amide bonds. The number of Topliss-reactive ketones (excluding diaryl/α,β-unsaturated/α-hetero) is 1. The summed E-state index contributed by atoms with van der Waals surface area (Å²) < 4.78 is 5.24. The lowest BCUT2D eigenvalue weighted by atomic mass is 9.70. The van der Waals surface area contributed by atoms with Crippen LogP contribution in [0.15, 0.2) is 48.0 Å². The molecule has 2 atom stereocenters. The monoisotopic (exact) mass is 406 g/mol. The minimum atomic E-state index is -0.711. The molecule has 2 aliphatic rings. The zero-order valence-electron chi connectivity index (χ0n) is 17.4. The van der Waals surface area contributed by atoms with E-state index in [1.165, 1.54) is 18.2 Å². The number of aromatic hydroxyl groups is 2. The number of benzene rings is 2. The summed E-state index contributed by atoms with van der Waals surface area (Å²) in [5.74, 6) is -0.507. The number of carbonyl (C=O) groups excluding carboxylic acids is 2. The maximum Gasteiger partial charge on any atom is 0.342 e. The van der Waals surface area contributed by atoms with E-state index in [4.69, 9.17) is 4.74 Å². The standard InChI is InChI=1S/C25H26O5/c1-24(2)20-10-11-25(24,3)22(28)18(20)12-15-4-6-16(7-5-15)14-30-23(29)19-13-17(26)8-9-21(19)27/h4-9,12-13,20,26-27H,10-11,14H2,1-3H3. The van der Waals surface area contributed by atoms with E-state index in [0.717, 1.165) is 29.5 Å². The molecule has 2 bridgehead atoms. The van der Waals surface area contributed by atoms with Crippen LogP contribution in [0.1, 0.15) is 55.1 Å². The molecule has 2 aromatic carbocycles. The molecule has 0 heterocycles. The first-order chi connectivity index (χ1) is 14.1. The molecule has 2 saturated carbocycles. The van der Waals surface area contributed by atoms with Gasteiger partial charge in [-0.1, -0.05) is 45.0 Å². The summed E-state index contributed by atoms with van der Waals surface area (Å²) in [6.45, 7) is 6.53. The van der Waals surface area contributed by atoms with Crippen molar-refractivity contribution < 1.29 is 24.5 Å². The Bertz CT molecular complexity index is 1050. The van der Waals surface area contributed by atoms with Gasteiger partial charge in [-0.05, 0) is 65.1 Å². The van der Waals surface area contributed by atoms with Gasteiger partial charge in [0.25, 0.3) is 0 Å². The van der Waals surface area contributed by atoms with Crippen molar-refractivity contribution in [1.29, 1.82) is 0 Å². The second-order valence-corrected chi connectivity index (χ2v) is 9.09. The van der Waals surface area contributed by atoms with E-state index in [1.54, 1.807) is 0 Å². The number of esters is 1. The van der Waals surface area contributed by atoms with Crippen LogP contribution in [0.25, 0.3) is 6.08 Å². The van der Waals surface area contributed by atoms with Crippen LogP contribution in [0.5, 0.6) is 11.5 Å². The number of ether oxygens (including phenoxy) is 1. The zero-order chi connectivity index (χ0) is 21.7. The van der Waals surface area contributed by atoms with Gasteiger partial charge in [-0.15, -0.1) is 0 Å². The lowest BCUT2D eigenvalue weighted by Gasteiger charge is -2.31. The topological polar surface area (TPSA) is 83.8 Å². The normalized spacial score (nSPS) is 25.6. The van der Waals surface area contributed by atoms with Crippen LogP contribution in [-0.4, -0.2) is 22.0 Å². The molecule has 0 radical (unpaired) electrons. The first-order valence-electron chi connectivity index (χ1n) is 10.2. The third-order valence-electron chi connectivity index (χ3n) is 7.24. The number of allylic oxidation sites excluding steroid dienone is 1. The Morgan fingerprint density at radius 1 is 1.13 bits per heavy atom. The molecule has 4 rings (SSSR count). The smallest absolute Gasteiger partial charge is 0.342 e. The Hall–Kier alpha value is -3.08. The van der Waals surface area contributed by atoms with Gasteiger partial charge in [-0.25, -0.2) is 4.79 Å². The highest BCUT2D eigenvalue weighted by Crippen LogP contribution is 2.65. The molecule has 5 nitrogen and oxygen atoms in total. The summed E-state index contributed by atoms with van der Waals surface area (Å²) in [6, 6.07) is 11.2. The highest BCUT2D eigenvalue weighted by Gasteiger charge is 2.63. The lowest BCUT2D eigenvalue weighted by Crippen LogP contribution is -2.32. The molecule has 5 heteroatoms. The molecule has 2 aliphatic carbocycles. The van der Waals surface area contributed by atoms with E-state index >= 15 is 0 Å². The third-order valence-corrected chi connectivity index (χ3v) is 7.24. The van der Waals surface area contributed by atoms with Crippen LogP contribution in [-0.2, 0) is 16.1 Å². The molecule has 0 aliphatic heterocycles. The number of phenolic OH excluding ortho intramolecular Hbond substituents is 2. The molecule has 0 aromatic heterocycles. The SMILES string of the molecule is CC12CCC(C(=Cc3ccc(COC(=O)c4cc(O)ccc4O)cc3)C1=O)C2(C)C. The van der Waals surface area contributed by atoms with E-state index < -0.39 is 5.97 Å². The summed E-state index contributed by atoms with van der Waals surface area (Å²) in [4.78, 5) is 25.1. The summed E-state index contributed by atoms with van der Waals surface area (Å²) >= 11 is 0. The Morgan fingerprint density at radius 3 is 2.47 bits per heavy atom. The highest BCUT2D eigenvalue weighted by atomic mass is 16.5. The maximum absolute atomic E-state index is 13.0.